The van der Waals surface area contributed by atoms with Crippen LogP contribution >= 0.6 is 35.3 Å². The van der Waals surface area contributed by atoms with Crippen LogP contribution in [0.25, 0.3) is 0 Å². The largest absolute Gasteiger partial charge is 0.458 e. The average molecular weight is 463 g/mol. The zero-order valence-corrected chi connectivity index (χ0v) is 19.5. The van der Waals surface area contributed by atoms with Gasteiger partial charge >= 0.3 is 11.9 Å². The van der Waals surface area contributed by atoms with Crippen LogP contribution in [-0.2, 0) is 30.6 Å². The normalized spacial score (nSPS) is 20.8. The smallest absolute Gasteiger partial charge is 0.303 e. The zero-order valence-electron chi connectivity index (χ0n) is 17.1. The molecule has 0 aliphatic carbocycles. The fourth-order valence-corrected chi connectivity index (χ4v) is 8.00. The fraction of sp³-hybridized carbons (Fsp3) is 0.391. The lowest BCUT2D eigenvalue weighted by Crippen LogP contribution is -2.40. The highest BCUT2D eigenvalue weighted by Gasteiger charge is 2.45. The maximum atomic E-state index is 11.8. The van der Waals surface area contributed by atoms with Crippen LogP contribution in [0, 0.1) is 0 Å². The molecule has 1 heterocycles. The maximum Gasteiger partial charge on any atom is 0.303 e. The summed E-state index contributed by atoms with van der Waals surface area (Å²) in [6.07, 6.45) is -0.841. The van der Waals surface area contributed by atoms with E-state index in [1.165, 1.54) is 25.0 Å². The van der Waals surface area contributed by atoms with Crippen LogP contribution in [0.4, 0.5) is 0 Å². The summed E-state index contributed by atoms with van der Waals surface area (Å²) in [5.74, 6) is 1.69. The number of hydrogen-bond donors (Lipinski definition) is 0. The number of benzene rings is 2. The molecule has 0 radical (unpaired) electrons. The van der Waals surface area contributed by atoms with Gasteiger partial charge in [0.15, 0.2) is 6.10 Å². The van der Waals surface area contributed by atoms with Crippen LogP contribution < -0.4 is 0 Å². The minimum atomic E-state index is -0.437. The minimum absolute atomic E-state index is 0.0423. The van der Waals surface area contributed by atoms with Crippen molar-refractivity contribution in [3.8, 4) is 0 Å². The van der Waals surface area contributed by atoms with Crippen LogP contribution in [0.15, 0.2) is 60.7 Å². The maximum absolute atomic E-state index is 11.8. The zero-order chi connectivity index (χ0) is 21.3. The monoisotopic (exact) mass is 462 g/mol. The highest BCUT2D eigenvalue weighted by Crippen LogP contribution is 2.44. The standard InChI is InChI=1S/C23H26O4S3/c1-16(24)26-20-15-28-22(21(20)27-17(2)25)23(29-13-18-9-5-3-6-10-18)30-14-19-11-7-4-8-12-19/h3-12,20-23H,13-15H2,1-2H3/t20-,21+,22-/m1/s1. The molecule has 4 nitrogen and oxygen atoms in total. The SMILES string of the molecule is CC(=O)O[C@H]1[C@H](OC(C)=O)CS[C@H]1C(SCc1ccccc1)SCc1ccccc1. The van der Waals surface area contributed by atoms with Gasteiger partial charge in [0.25, 0.3) is 0 Å². The van der Waals surface area contributed by atoms with Crippen LogP contribution in [0.1, 0.15) is 25.0 Å². The Kier molecular flexibility index (Phi) is 9.03. The van der Waals surface area contributed by atoms with Crippen molar-refractivity contribution in [3.05, 3.63) is 71.8 Å². The Morgan fingerprint density at radius 3 is 1.87 bits per heavy atom. The summed E-state index contributed by atoms with van der Waals surface area (Å²) in [5, 5.41) is 0.0423. The molecule has 160 valence electrons. The van der Waals surface area contributed by atoms with E-state index in [9.17, 15) is 9.59 Å². The molecule has 1 aliphatic rings. The summed E-state index contributed by atoms with van der Waals surface area (Å²) in [6, 6.07) is 20.7. The molecule has 2 aromatic rings. The van der Waals surface area contributed by atoms with Crippen molar-refractivity contribution >= 4 is 47.2 Å². The summed E-state index contributed by atoms with van der Waals surface area (Å²) in [5.41, 5.74) is 2.52. The van der Waals surface area contributed by atoms with Crippen molar-refractivity contribution in [2.24, 2.45) is 0 Å². The molecule has 0 N–H and O–H groups in total. The third-order valence-corrected chi connectivity index (χ3v) is 9.40. The Balaban J connectivity index is 1.75. The summed E-state index contributed by atoms with van der Waals surface area (Å²) in [7, 11) is 0. The van der Waals surface area contributed by atoms with E-state index in [1.807, 2.05) is 59.9 Å². The third kappa shape index (κ3) is 7.00. The molecule has 7 heteroatoms. The fourth-order valence-electron chi connectivity index (χ4n) is 3.23. The predicted octanol–water partition coefficient (Wildman–Crippen LogP) is 5.16. The molecule has 0 saturated carbocycles. The first-order valence-electron chi connectivity index (χ1n) is 9.80. The van der Waals surface area contributed by atoms with Crippen molar-refractivity contribution in [1.29, 1.82) is 0 Å². The topological polar surface area (TPSA) is 52.6 Å². The van der Waals surface area contributed by atoms with Gasteiger partial charge in [-0.1, -0.05) is 60.7 Å². The molecule has 3 rings (SSSR count). The van der Waals surface area contributed by atoms with Gasteiger partial charge in [0.2, 0.25) is 0 Å². The Labute approximate surface area is 190 Å². The molecular formula is C23H26O4S3. The molecule has 1 fully saturated rings. The lowest BCUT2D eigenvalue weighted by molar-refractivity contribution is -0.162. The van der Waals surface area contributed by atoms with Gasteiger partial charge in [0, 0.05) is 31.1 Å². The first-order chi connectivity index (χ1) is 14.5. The molecule has 1 aliphatic heterocycles. The minimum Gasteiger partial charge on any atom is -0.458 e. The number of carbonyl (C=O) groups excluding carboxylic acids is 2. The van der Waals surface area contributed by atoms with Gasteiger partial charge in [-0.15, -0.1) is 35.3 Å². The summed E-state index contributed by atoms with van der Waals surface area (Å²) < 4.78 is 11.3. The summed E-state index contributed by atoms with van der Waals surface area (Å²) in [6.45, 7) is 2.81. The third-order valence-electron chi connectivity index (χ3n) is 4.54. The van der Waals surface area contributed by atoms with Crippen molar-refractivity contribution in [2.45, 2.75) is 47.4 Å². The number of carbonyl (C=O) groups is 2. The van der Waals surface area contributed by atoms with Gasteiger partial charge < -0.3 is 9.47 Å². The van der Waals surface area contributed by atoms with Crippen LogP contribution in [0.5, 0.6) is 0 Å². The van der Waals surface area contributed by atoms with E-state index in [1.54, 1.807) is 11.8 Å². The van der Waals surface area contributed by atoms with Crippen molar-refractivity contribution < 1.29 is 19.1 Å². The lowest BCUT2D eigenvalue weighted by Gasteiger charge is -2.29. The second-order valence-corrected chi connectivity index (χ2v) is 10.8. The quantitative estimate of drug-likeness (QED) is 0.377. The van der Waals surface area contributed by atoms with E-state index in [2.05, 4.69) is 24.3 Å². The summed E-state index contributed by atoms with van der Waals surface area (Å²) >= 11 is 5.43. The van der Waals surface area contributed by atoms with Crippen molar-refractivity contribution in [1.82, 2.24) is 0 Å². The number of hydrogen-bond acceptors (Lipinski definition) is 7. The summed E-state index contributed by atoms with van der Waals surface area (Å²) in [4.78, 5) is 23.3. The second-order valence-electron chi connectivity index (χ2n) is 6.98. The first-order valence-corrected chi connectivity index (χ1v) is 12.9. The van der Waals surface area contributed by atoms with Gasteiger partial charge in [-0.25, -0.2) is 0 Å². The number of ether oxygens (including phenoxy) is 2. The molecule has 0 bridgehead atoms. The van der Waals surface area contributed by atoms with E-state index in [0.29, 0.717) is 5.75 Å². The van der Waals surface area contributed by atoms with Gasteiger partial charge in [-0.05, 0) is 11.1 Å². The number of thioether (sulfide) groups is 3. The van der Waals surface area contributed by atoms with E-state index < -0.39 is 12.2 Å². The Hall–Kier alpha value is -1.57. The van der Waals surface area contributed by atoms with Gasteiger partial charge in [-0.2, -0.15) is 0 Å². The molecule has 0 spiro atoms. The Bertz CT molecular complexity index is 772. The van der Waals surface area contributed by atoms with E-state index >= 15 is 0 Å². The predicted molar refractivity (Wildman–Crippen MR) is 127 cm³/mol. The average Bonchev–Trinajstić information content (AvgIpc) is 3.10. The van der Waals surface area contributed by atoms with E-state index in [0.717, 1.165) is 11.5 Å². The van der Waals surface area contributed by atoms with Crippen LogP contribution in [0.2, 0.25) is 0 Å². The van der Waals surface area contributed by atoms with Crippen molar-refractivity contribution in [2.75, 3.05) is 5.75 Å². The van der Waals surface area contributed by atoms with Crippen LogP contribution in [-0.4, -0.2) is 39.7 Å². The first kappa shape index (κ1) is 23.1. The highest BCUT2D eigenvalue weighted by atomic mass is 32.2. The highest BCUT2D eigenvalue weighted by molar-refractivity contribution is 8.17. The Morgan fingerprint density at radius 2 is 1.40 bits per heavy atom. The molecule has 30 heavy (non-hydrogen) atoms. The lowest BCUT2D eigenvalue weighted by atomic mass is 10.1. The van der Waals surface area contributed by atoms with Crippen LogP contribution in [0.3, 0.4) is 0 Å². The second kappa shape index (κ2) is 11.7. The molecule has 0 aromatic heterocycles. The molecule has 1 saturated heterocycles. The van der Waals surface area contributed by atoms with Crippen molar-refractivity contribution in [3.63, 3.8) is 0 Å². The Morgan fingerprint density at radius 1 is 0.900 bits per heavy atom. The van der Waals surface area contributed by atoms with E-state index in [-0.39, 0.29) is 21.8 Å². The molecule has 0 amide bonds. The molecule has 3 atom stereocenters. The van der Waals surface area contributed by atoms with Gasteiger partial charge in [0.1, 0.15) is 6.10 Å². The molecule has 2 aromatic carbocycles. The molecule has 0 unspecified atom stereocenters. The van der Waals surface area contributed by atoms with Gasteiger partial charge in [0.05, 0.1) is 9.83 Å². The molecular weight excluding hydrogens is 436 g/mol. The number of rotatable bonds is 9. The van der Waals surface area contributed by atoms with E-state index in [4.69, 9.17) is 9.47 Å². The number of esters is 2. The van der Waals surface area contributed by atoms with Gasteiger partial charge in [-0.3, -0.25) is 9.59 Å².